The summed E-state index contributed by atoms with van der Waals surface area (Å²) >= 11 is 0. The summed E-state index contributed by atoms with van der Waals surface area (Å²) in [5.41, 5.74) is 1.95. The van der Waals surface area contributed by atoms with Crippen LogP contribution in [-0.2, 0) is 16.6 Å². The van der Waals surface area contributed by atoms with Crippen molar-refractivity contribution in [3.05, 3.63) is 83.6 Å². The third kappa shape index (κ3) is 4.77. The Bertz CT molecular complexity index is 1180. The van der Waals surface area contributed by atoms with Crippen molar-refractivity contribution in [3.63, 3.8) is 0 Å². The predicted molar refractivity (Wildman–Crippen MR) is 110 cm³/mol. The highest BCUT2D eigenvalue weighted by molar-refractivity contribution is 7.90. The van der Waals surface area contributed by atoms with E-state index in [0.29, 0.717) is 12.1 Å². The first-order valence-electron chi connectivity index (χ1n) is 8.80. The standard InChI is InChI=1S/C21H19FN4O2S/c1-24-13-18-11-21(19-10-17(12-23)6-7-20(19)22)26(15-18)29(27,28)9-3-5-16-4-2-8-25-14-16/h2-8,10-11,14-15,24H,9,13H2,1H3. The number of rotatable bonds is 7. The zero-order valence-electron chi connectivity index (χ0n) is 15.7. The number of hydrogen-bond donors (Lipinski definition) is 1. The van der Waals surface area contributed by atoms with Crippen LogP contribution in [0, 0.1) is 17.1 Å². The molecule has 1 N–H and O–H groups in total. The molecular formula is C21H19FN4O2S. The molecule has 0 aliphatic heterocycles. The van der Waals surface area contributed by atoms with Gasteiger partial charge in [0.05, 0.1) is 23.1 Å². The van der Waals surface area contributed by atoms with Crippen molar-refractivity contribution < 1.29 is 12.8 Å². The maximum Gasteiger partial charge on any atom is 0.242 e. The second-order valence-corrected chi connectivity index (χ2v) is 8.22. The lowest BCUT2D eigenvalue weighted by Crippen LogP contribution is -2.16. The molecule has 3 rings (SSSR count). The number of nitrogens with zero attached hydrogens (tertiary/aromatic N) is 3. The second kappa shape index (κ2) is 8.82. The maximum atomic E-state index is 14.5. The van der Waals surface area contributed by atoms with Gasteiger partial charge in [-0.25, -0.2) is 16.8 Å². The summed E-state index contributed by atoms with van der Waals surface area (Å²) in [6.45, 7) is 0.417. The van der Waals surface area contributed by atoms with Crippen LogP contribution in [0.1, 0.15) is 16.7 Å². The summed E-state index contributed by atoms with van der Waals surface area (Å²) in [5.74, 6) is -0.872. The van der Waals surface area contributed by atoms with Crippen molar-refractivity contribution in [1.29, 1.82) is 5.26 Å². The molecule has 2 aromatic heterocycles. The van der Waals surface area contributed by atoms with Gasteiger partial charge in [-0.1, -0.05) is 18.2 Å². The highest BCUT2D eigenvalue weighted by Crippen LogP contribution is 2.28. The molecule has 1 aromatic carbocycles. The Hall–Kier alpha value is -3.28. The molecule has 0 bridgehead atoms. The zero-order chi connectivity index (χ0) is 20.9. The molecule has 0 fully saturated rings. The van der Waals surface area contributed by atoms with Crippen LogP contribution in [0.4, 0.5) is 4.39 Å². The van der Waals surface area contributed by atoms with Gasteiger partial charge in [-0.2, -0.15) is 5.26 Å². The van der Waals surface area contributed by atoms with Crippen molar-refractivity contribution in [1.82, 2.24) is 14.3 Å². The van der Waals surface area contributed by atoms with Gasteiger partial charge >= 0.3 is 0 Å². The number of pyridine rings is 1. The van der Waals surface area contributed by atoms with Gasteiger partial charge in [-0.05, 0) is 48.5 Å². The Morgan fingerprint density at radius 2 is 2.14 bits per heavy atom. The van der Waals surface area contributed by atoms with Crippen molar-refractivity contribution in [2.45, 2.75) is 6.54 Å². The number of benzene rings is 1. The van der Waals surface area contributed by atoms with E-state index in [2.05, 4.69) is 10.3 Å². The van der Waals surface area contributed by atoms with E-state index in [4.69, 9.17) is 5.26 Å². The summed E-state index contributed by atoms with van der Waals surface area (Å²) in [6, 6.07) is 11.0. The fraction of sp³-hybridized carbons (Fsp3) is 0.143. The van der Waals surface area contributed by atoms with Crippen molar-refractivity contribution in [2.24, 2.45) is 0 Å². The van der Waals surface area contributed by atoms with Crippen LogP contribution < -0.4 is 5.32 Å². The average Bonchev–Trinajstić information content (AvgIpc) is 3.14. The second-order valence-electron chi connectivity index (χ2n) is 6.33. The molecule has 0 amide bonds. The van der Waals surface area contributed by atoms with Crippen LogP contribution >= 0.6 is 0 Å². The number of hydrogen-bond acceptors (Lipinski definition) is 5. The van der Waals surface area contributed by atoms with Crippen LogP contribution in [0.15, 0.2) is 61.1 Å². The van der Waals surface area contributed by atoms with Crippen LogP contribution in [0.2, 0.25) is 0 Å². The summed E-state index contributed by atoms with van der Waals surface area (Å²) in [4.78, 5) is 3.98. The Labute approximate surface area is 169 Å². The fourth-order valence-corrected chi connectivity index (χ4v) is 4.12. The molecule has 0 aliphatic carbocycles. The number of aromatic nitrogens is 2. The van der Waals surface area contributed by atoms with Crippen LogP contribution in [0.25, 0.3) is 17.3 Å². The largest absolute Gasteiger partial charge is 0.316 e. The molecule has 0 spiro atoms. The van der Waals surface area contributed by atoms with Gasteiger partial charge < -0.3 is 5.32 Å². The predicted octanol–water partition coefficient (Wildman–Crippen LogP) is 3.17. The average molecular weight is 410 g/mol. The third-order valence-electron chi connectivity index (χ3n) is 4.20. The molecule has 0 aliphatic rings. The van der Waals surface area contributed by atoms with Crippen LogP contribution in [0.5, 0.6) is 0 Å². The summed E-state index contributed by atoms with van der Waals surface area (Å²) in [6.07, 6.45) is 7.91. The van der Waals surface area contributed by atoms with Gasteiger partial charge in [0.1, 0.15) is 5.82 Å². The monoisotopic (exact) mass is 410 g/mol. The molecule has 29 heavy (non-hydrogen) atoms. The van der Waals surface area contributed by atoms with Gasteiger partial charge in [0.25, 0.3) is 0 Å². The smallest absolute Gasteiger partial charge is 0.242 e. The highest BCUT2D eigenvalue weighted by atomic mass is 32.2. The molecule has 0 unspecified atom stereocenters. The van der Waals surface area contributed by atoms with Crippen LogP contribution in [0.3, 0.4) is 0 Å². The minimum atomic E-state index is -3.81. The number of nitrogens with one attached hydrogen (secondary N) is 1. The first kappa shape index (κ1) is 20.5. The van der Waals surface area contributed by atoms with Crippen molar-refractivity contribution in [3.8, 4) is 17.3 Å². The van der Waals surface area contributed by atoms with Gasteiger partial charge in [0.15, 0.2) is 0 Å². The SMILES string of the molecule is CNCc1cc(-c2cc(C#N)ccc2F)n(S(=O)(=O)CC=Cc2cccnc2)c1. The normalized spacial score (nSPS) is 11.6. The summed E-state index contributed by atoms with van der Waals surface area (Å²) in [7, 11) is -2.08. The van der Waals surface area contributed by atoms with Crippen molar-refractivity contribution in [2.75, 3.05) is 12.8 Å². The lowest BCUT2D eigenvalue weighted by molar-refractivity contribution is 0.590. The van der Waals surface area contributed by atoms with E-state index in [1.807, 2.05) is 12.1 Å². The fourth-order valence-electron chi connectivity index (χ4n) is 2.88. The molecule has 0 saturated carbocycles. The zero-order valence-corrected chi connectivity index (χ0v) is 16.5. The Balaban J connectivity index is 2.02. The Morgan fingerprint density at radius 1 is 1.31 bits per heavy atom. The van der Waals surface area contributed by atoms with E-state index < -0.39 is 15.8 Å². The third-order valence-corrected chi connectivity index (χ3v) is 5.71. The van der Waals surface area contributed by atoms with E-state index in [-0.39, 0.29) is 22.6 Å². The lowest BCUT2D eigenvalue weighted by Gasteiger charge is -2.10. The Kier molecular flexibility index (Phi) is 6.22. The van der Waals surface area contributed by atoms with E-state index in [0.717, 1.165) is 15.6 Å². The molecule has 0 radical (unpaired) electrons. The highest BCUT2D eigenvalue weighted by Gasteiger charge is 2.20. The quantitative estimate of drug-likeness (QED) is 0.646. The van der Waals surface area contributed by atoms with Gasteiger partial charge in [-0.3, -0.25) is 4.98 Å². The molecule has 0 saturated heterocycles. The number of halogens is 1. The van der Waals surface area contributed by atoms with Crippen molar-refractivity contribution >= 4 is 16.1 Å². The molecule has 3 aromatic rings. The Morgan fingerprint density at radius 3 is 2.83 bits per heavy atom. The van der Waals surface area contributed by atoms with Gasteiger partial charge in [0, 0.05) is 30.7 Å². The number of nitriles is 1. The maximum absolute atomic E-state index is 14.5. The molecule has 148 valence electrons. The first-order valence-corrected chi connectivity index (χ1v) is 10.4. The minimum absolute atomic E-state index is 0.0613. The summed E-state index contributed by atoms with van der Waals surface area (Å²) < 4.78 is 41.5. The molecule has 2 heterocycles. The van der Waals surface area contributed by atoms with Gasteiger partial charge in [0.2, 0.25) is 10.0 Å². The van der Waals surface area contributed by atoms with Gasteiger partial charge in [-0.15, -0.1) is 0 Å². The minimum Gasteiger partial charge on any atom is -0.316 e. The van der Waals surface area contributed by atoms with E-state index in [1.165, 1.54) is 24.4 Å². The van der Waals surface area contributed by atoms with E-state index in [1.54, 1.807) is 37.7 Å². The van der Waals surface area contributed by atoms with Crippen LogP contribution in [-0.4, -0.2) is 30.2 Å². The topological polar surface area (TPSA) is 87.8 Å². The molecule has 6 nitrogen and oxygen atoms in total. The molecular weight excluding hydrogens is 391 g/mol. The van der Waals surface area contributed by atoms with E-state index >= 15 is 0 Å². The molecule has 0 atom stereocenters. The lowest BCUT2D eigenvalue weighted by atomic mass is 10.1. The van der Waals surface area contributed by atoms with E-state index in [9.17, 15) is 12.8 Å². The molecule has 8 heteroatoms. The first-order chi connectivity index (χ1) is 13.9. The summed E-state index contributed by atoms with van der Waals surface area (Å²) in [5, 5.41) is 12.1.